The molecule has 0 amide bonds. The van der Waals surface area contributed by atoms with Crippen molar-refractivity contribution in [2.24, 2.45) is 0 Å². The third kappa shape index (κ3) is 5.76. The molecule has 50 heavy (non-hydrogen) atoms. The Morgan fingerprint density at radius 1 is 0.260 bits per heavy atom. The van der Waals surface area contributed by atoms with E-state index in [9.17, 15) is 0 Å². The van der Waals surface area contributed by atoms with Gasteiger partial charge in [0, 0.05) is 34.9 Å². The monoisotopic (exact) mass is 640 g/mol. The van der Waals surface area contributed by atoms with Gasteiger partial charge in [0.15, 0.2) is 0 Å². The second-order valence-electron chi connectivity index (χ2n) is 12.1. The summed E-state index contributed by atoms with van der Waals surface area (Å²) in [5.41, 5.74) is 13.3. The van der Waals surface area contributed by atoms with Crippen molar-refractivity contribution >= 4 is 21.8 Å². The van der Waals surface area contributed by atoms with E-state index in [0.29, 0.717) is 0 Å². The third-order valence-corrected chi connectivity index (χ3v) is 8.83. The molecule has 0 bridgehead atoms. The van der Waals surface area contributed by atoms with Gasteiger partial charge in [-0.05, 0) is 107 Å². The standard InChI is InChI=1S/C44H28N6/c1-4-22-45-39(7-1)42-21-17-34-26-32(15-19-38(34)49-42)31-14-18-37-33(25-31)16-20-36(48-37)30-12-10-29(11-13-30)35-27-43(40-8-2-5-23-46-40)50-44(28-35)41-9-3-6-24-47-41/h1-28H. The summed E-state index contributed by atoms with van der Waals surface area (Å²) in [5.74, 6) is 0. The largest absolute Gasteiger partial charge is 0.255 e. The van der Waals surface area contributed by atoms with Gasteiger partial charge in [-0.3, -0.25) is 15.0 Å². The normalized spacial score (nSPS) is 11.2. The Labute approximate surface area is 288 Å². The highest BCUT2D eigenvalue weighted by Gasteiger charge is 2.12. The number of hydrogen-bond acceptors (Lipinski definition) is 6. The molecular weight excluding hydrogens is 613 g/mol. The van der Waals surface area contributed by atoms with Gasteiger partial charge >= 0.3 is 0 Å². The molecule has 0 N–H and O–H groups in total. The molecule has 0 fully saturated rings. The van der Waals surface area contributed by atoms with E-state index in [1.165, 1.54) is 0 Å². The lowest BCUT2D eigenvalue weighted by Crippen LogP contribution is -1.94. The van der Waals surface area contributed by atoms with E-state index in [-0.39, 0.29) is 0 Å². The summed E-state index contributed by atoms with van der Waals surface area (Å²) in [5, 5.41) is 2.18. The van der Waals surface area contributed by atoms with E-state index in [4.69, 9.17) is 15.0 Å². The van der Waals surface area contributed by atoms with Crippen LogP contribution in [0, 0.1) is 0 Å². The van der Waals surface area contributed by atoms with Gasteiger partial charge in [-0.1, -0.05) is 66.7 Å². The van der Waals surface area contributed by atoms with Crippen LogP contribution >= 0.6 is 0 Å². The van der Waals surface area contributed by atoms with Crippen molar-refractivity contribution in [3.05, 3.63) is 170 Å². The molecule has 3 aromatic carbocycles. The van der Waals surface area contributed by atoms with Crippen LogP contribution in [0.3, 0.4) is 0 Å². The minimum absolute atomic E-state index is 0.804. The molecule has 0 saturated heterocycles. The van der Waals surface area contributed by atoms with Gasteiger partial charge in [0.25, 0.3) is 0 Å². The van der Waals surface area contributed by atoms with Crippen LogP contribution in [0.2, 0.25) is 0 Å². The lowest BCUT2D eigenvalue weighted by atomic mass is 9.99. The second-order valence-corrected chi connectivity index (χ2v) is 12.1. The van der Waals surface area contributed by atoms with E-state index < -0.39 is 0 Å². The summed E-state index contributed by atoms with van der Waals surface area (Å²) in [7, 11) is 0. The fourth-order valence-corrected chi connectivity index (χ4v) is 6.25. The van der Waals surface area contributed by atoms with Crippen LogP contribution in [0.5, 0.6) is 0 Å². The first-order valence-corrected chi connectivity index (χ1v) is 16.4. The Morgan fingerprint density at radius 2 is 0.720 bits per heavy atom. The Morgan fingerprint density at radius 3 is 1.24 bits per heavy atom. The molecule has 6 heterocycles. The van der Waals surface area contributed by atoms with E-state index in [1.54, 1.807) is 18.6 Å². The molecule has 0 aliphatic rings. The molecule has 9 aromatic rings. The van der Waals surface area contributed by atoms with Crippen LogP contribution < -0.4 is 0 Å². The van der Waals surface area contributed by atoms with Crippen molar-refractivity contribution in [3.63, 3.8) is 0 Å². The molecule has 0 radical (unpaired) electrons. The van der Waals surface area contributed by atoms with Crippen molar-refractivity contribution < 1.29 is 0 Å². The van der Waals surface area contributed by atoms with Crippen molar-refractivity contribution in [1.82, 2.24) is 29.9 Å². The topological polar surface area (TPSA) is 77.3 Å². The fraction of sp³-hybridized carbons (Fsp3) is 0. The number of fused-ring (bicyclic) bond motifs is 2. The summed E-state index contributed by atoms with van der Waals surface area (Å²) < 4.78 is 0. The predicted octanol–water partition coefficient (Wildman–Crippen LogP) is 10.4. The molecule has 9 rings (SSSR count). The smallest absolute Gasteiger partial charge is 0.0900 e. The van der Waals surface area contributed by atoms with Crippen molar-refractivity contribution in [2.45, 2.75) is 0 Å². The van der Waals surface area contributed by atoms with Gasteiger partial charge < -0.3 is 0 Å². The highest BCUT2D eigenvalue weighted by molar-refractivity contribution is 5.90. The summed E-state index contributed by atoms with van der Waals surface area (Å²) >= 11 is 0. The van der Waals surface area contributed by atoms with Gasteiger partial charge in [-0.15, -0.1) is 0 Å². The molecule has 0 saturated carbocycles. The molecule has 0 aliphatic carbocycles. The highest BCUT2D eigenvalue weighted by Crippen LogP contribution is 2.32. The van der Waals surface area contributed by atoms with E-state index in [0.717, 1.165) is 89.5 Å². The molecule has 0 atom stereocenters. The van der Waals surface area contributed by atoms with Gasteiger partial charge in [0.1, 0.15) is 0 Å². The molecule has 0 aliphatic heterocycles. The Hall–Kier alpha value is -6.92. The van der Waals surface area contributed by atoms with Crippen molar-refractivity contribution in [1.29, 1.82) is 0 Å². The summed E-state index contributed by atoms with van der Waals surface area (Å²) in [6.07, 6.45) is 5.37. The average molecular weight is 641 g/mol. The van der Waals surface area contributed by atoms with Crippen LogP contribution in [0.15, 0.2) is 170 Å². The van der Waals surface area contributed by atoms with Crippen molar-refractivity contribution in [3.8, 4) is 67.7 Å². The summed E-state index contributed by atoms with van der Waals surface area (Å²) in [6.45, 7) is 0. The fourth-order valence-electron chi connectivity index (χ4n) is 6.25. The maximum atomic E-state index is 5.04. The molecule has 0 unspecified atom stereocenters. The first-order valence-electron chi connectivity index (χ1n) is 16.4. The summed E-state index contributed by atoms with van der Waals surface area (Å²) in [6, 6.07) is 51.5. The number of benzene rings is 3. The summed E-state index contributed by atoms with van der Waals surface area (Å²) in [4.78, 5) is 28.3. The van der Waals surface area contributed by atoms with Crippen molar-refractivity contribution in [2.75, 3.05) is 0 Å². The third-order valence-electron chi connectivity index (χ3n) is 8.83. The lowest BCUT2D eigenvalue weighted by molar-refractivity contribution is 1.22. The number of hydrogen-bond donors (Lipinski definition) is 0. The minimum atomic E-state index is 0.804. The maximum absolute atomic E-state index is 5.04. The van der Waals surface area contributed by atoms with E-state index in [1.807, 2.05) is 60.7 Å². The zero-order valence-corrected chi connectivity index (χ0v) is 26.8. The van der Waals surface area contributed by atoms with E-state index >= 15 is 0 Å². The molecule has 6 aromatic heterocycles. The number of pyridine rings is 6. The minimum Gasteiger partial charge on any atom is -0.255 e. The quantitative estimate of drug-likeness (QED) is 0.180. The molecule has 6 nitrogen and oxygen atoms in total. The Bertz CT molecular complexity index is 2570. The number of aromatic nitrogens is 6. The van der Waals surface area contributed by atoms with Crippen LogP contribution in [0.1, 0.15) is 0 Å². The Kier molecular flexibility index (Phi) is 7.37. The highest BCUT2D eigenvalue weighted by atomic mass is 14.8. The molecule has 0 spiro atoms. The van der Waals surface area contributed by atoms with Crippen LogP contribution in [-0.4, -0.2) is 29.9 Å². The molecule has 234 valence electrons. The zero-order valence-electron chi connectivity index (χ0n) is 26.8. The van der Waals surface area contributed by atoms with Crippen LogP contribution in [0.4, 0.5) is 0 Å². The van der Waals surface area contributed by atoms with Gasteiger partial charge in [0.2, 0.25) is 0 Å². The van der Waals surface area contributed by atoms with Gasteiger partial charge in [0.05, 0.1) is 50.9 Å². The Balaban J connectivity index is 0.996. The van der Waals surface area contributed by atoms with Crippen LogP contribution in [0.25, 0.3) is 89.5 Å². The first kappa shape index (κ1) is 29.2. The van der Waals surface area contributed by atoms with Crippen LogP contribution in [-0.2, 0) is 0 Å². The van der Waals surface area contributed by atoms with Gasteiger partial charge in [-0.2, -0.15) is 0 Å². The van der Waals surface area contributed by atoms with E-state index in [2.05, 4.69) is 106 Å². The SMILES string of the molecule is c1ccc(-c2cc(-c3ccc(-c4ccc5cc(-c6ccc7nc(-c8ccccn8)ccc7c6)ccc5n4)cc3)cc(-c3ccccn3)n2)nc1. The second kappa shape index (κ2) is 12.6. The number of rotatable bonds is 6. The maximum Gasteiger partial charge on any atom is 0.0900 e. The average Bonchev–Trinajstić information content (AvgIpc) is 3.21. The molecule has 6 heteroatoms. The zero-order chi connectivity index (χ0) is 33.3. The lowest BCUT2D eigenvalue weighted by Gasteiger charge is -2.10. The number of nitrogens with zero attached hydrogens (tertiary/aromatic N) is 6. The first-order chi connectivity index (χ1) is 24.7. The molecular formula is C44H28N6. The van der Waals surface area contributed by atoms with Gasteiger partial charge in [-0.25, -0.2) is 15.0 Å². The predicted molar refractivity (Wildman–Crippen MR) is 201 cm³/mol.